The molecule has 1 aromatic heterocycles. The quantitative estimate of drug-likeness (QED) is 0.863. The van der Waals surface area contributed by atoms with Gasteiger partial charge in [-0.2, -0.15) is 0 Å². The minimum Gasteiger partial charge on any atom is -0.472 e. The smallest absolute Gasteiger partial charge is 0.0960 e. The third-order valence-corrected chi connectivity index (χ3v) is 4.21. The zero-order valence-corrected chi connectivity index (χ0v) is 9.48. The second-order valence-corrected chi connectivity index (χ2v) is 5.02. The Hall–Kier alpha value is -1.19. The van der Waals surface area contributed by atoms with Gasteiger partial charge in [0.15, 0.2) is 0 Å². The Morgan fingerprint density at radius 1 is 1.31 bits per heavy atom. The summed E-state index contributed by atoms with van der Waals surface area (Å²) in [6, 6.07) is 10.1. The third kappa shape index (κ3) is 1.56. The molecule has 3 heteroatoms. The second kappa shape index (κ2) is 4.00. The van der Waals surface area contributed by atoms with Gasteiger partial charge in [-0.15, -0.1) is 11.8 Å². The van der Waals surface area contributed by atoms with Crippen LogP contribution in [0.15, 0.2) is 52.2 Å². The highest BCUT2D eigenvalue weighted by atomic mass is 32.2. The van der Waals surface area contributed by atoms with Crippen LogP contribution in [0.2, 0.25) is 0 Å². The Balaban J connectivity index is 1.93. The van der Waals surface area contributed by atoms with Gasteiger partial charge in [0.1, 0.15) is 0 Å². The molecular weight excluding hydrogens is 220 g/mol. The highest BCUT2D eigenvalue weighted by Gasteiger charge is 2.30. The van der Waals surface area contributed by atoms with E-state index in [1.165, 1.54) is 10.5 Å². The van der Waals surface area contributed by atoms with Crippen molar-refractivity contribution in [1.82, 2.24) is 0 Å². The highest BCUT2D eigenvalue weighted by molar-refractivity contribution is 7.99. The minimum atomic E-state index is -0.463. The van der Waals surface area contributed by atoms with E-state index in [-0.39, 0.29) is 5.92 Å². The number of fused-ring (bicyclic) bond motifs is 1. The maximum Gasteiger partial charge on any atom is 0.0960 e. The van der Waals surface area contributed by atoms with Crippen LogP contribution in [0.1, 0.15) is 23.1 Å². The molecule has 0 saturated heterocycles. The molecule has 2 nitrogen and oxygen atoms in total. The van der Waals surface area contributed by atoms with Crippen LogP contribution in [0, 0.1) is 0 Å². The van der Waals surface area contributed by atoms with Gasteiger partial charge < -0.3 is 9.52 Å². The molecule has 1 aliphatic rings. The lowest BCUT2D eigenvalue weighted by atomic mass is 9.92. The van der Waals surface area contributed by atoms with Crippen molar-refractivity contribution in [1.29, 1.82) is 0 Å². The van der Waals surface area contributed by atoms with E-state index in [1.54, 1.807) is 12.5 Å². The molecule has 1 aromatic carbocycles. The molecule has 0 aliphatic carbocycles. The van der Waals surface area contributed by atoms with Crippen LogP contribution in [0.25, 0.3) is 0 Å². The number of thioether (sulfide) groups is 1. The predicted octanol–water partition coefficient (Wildman–Crippen LogP) is 3.20. The largest absolute Gasteiger partial charge is 0.472 e. The van der Waals surface area contributed by atoms with Crippen molar-refractivity contribution in [3.63, 3.8) is 0 Å². The van der Waals surface area contributed by atoms with Crippen molar-refractivity contribution in [3.05, 3.63) is 54.0 Å². The molecule has 0 fully saturated rings. The lowest BCUT2D eigenvalue weighted by Gasteiger charge is -2.16. The molecule has 2 atom stereocenters. The Labute approximate surface area is 98.3 Å². The van der Waals surface area contributed by atoms with E-state index < -0.39 is 6.10 Å². The van der Waals surface area contributed by atoms with E-state index in [0.717, 1.165) is 11.3 Å². The van der Waals surface area contributed by atoms with Gasteiger partial charge in [0, 0.05) is 22.1 Å². The van der Waals surface area contributed by atoms with E-state index in [0.29, 0.717) is 0 Å². The van der Waals surface area contributed by atoms with Crippen LogP contribution in [-0.4, -0.2) is 10.9 Å². The van der Waals surface area contributed by atoms with Gasteiger partial charge in [-0.05, 0) is 17.7 Å². The summed E-state index contributed by atoms with van der Waals surface area (Å²) in [6.45, 7) is 0. The van der Waals surface area contributed by atoms with Gasteiger partial charge in [0.05, 0.1) is 18.6 Å². The fourth-order valence-corrected chi connectivity index (χ4v) is 3.41. The van der Waals surface area contributed by atoms with Crippen LogP contribution in [0.5, 0.6) is 0 Å². The molecule has 3 rings (SSSR count). The second-order valence-electron chi connectivity index (χ2n) is 3.96. The van der Waals surface area contributed by atoms with E-state index in [2.05, 4.69) is 12.1 Å². The summed E-state index contributed by atoms with van der Waals surface area (Å²) >= 11 is 1.81. The first-order chi connectivity index (χ1) is 7.86. The number of rotatable bonds is 2. The van der Waals surface area contributed by atoms with Crippen LogP contribution in [0.3, 0.4) is 0 Å². The van der Waals surface area contributed by atoms with Gasteiger partial charge in [0.25, 0.3) is 0 Å². The normalized spacial score (nSPS) is 20.7. The molecule has 0 saturated carbocycles. The molecule has 2 aromatic rings. The molecule has 0 radical (unpaired) electrons. The van der Waals surface area contributed by atoms with Gasteiger partial charge in [-0.1, -0.05) is 18.2 Å². The molecule has 0 amide bonds. The lowest BCUT2D eigenvalue weighted by molar-refractivity contribution is 0.153. The van der Waals surface area contributed by atoms with E-state index >= 15 is 0 Å². The Bertz CT molecular complexity index is 478. The first-order valence-corrected chi connectivity index (χ1v) is 6.26. The van der Waals surface area contributed by atoms with Crippen molar-refractivity contribution in [3.8, 4) is 0 Å². The molecule has 82 valence electrons. The van der Waals surface area contributed by atoms with E-state index in [1.807, 2.05) is 30.0 Å². The van der Waals surface area contributed by atoms with Crippen molar-refractivity contribution < 1.29 is 9.52 Å². The van der Waals surface area contributed by atoms with Gasteiger partial charge in [0.2, 0.25) is 0 Å². The fourth-order valence-electron chi connectivity index (χ4n) is 2.12. The summed E-state index contributed by atoms with van der Waals surface area (Å²) in [4.78, 5) is 1.29. The topological polar surface area (TPSA) is 33.4 Å². The number of benzene rings is 1. The lowest BCUT2D eigenvalue weighted by Crippen LogP contribution is -2.09. The van der Waals surface area contributed by atoms with E-state index in [4.69, 9.17) is 4.42 Å². The summed E-state index contributed by atoms with van der Waals surface area (Å²) in [5.74, 6) is 1.12. The number of aliphatic hydroxyl groups is 1. The molecular formula is C13H12O2S. The first kappa shape index (κ1) is 10.00. The average molecular weight is 232 g/mol. The third-order valence-electron chi connectivity index (χ3n) is 3.00. The zero-order chi connectivity index (χ0) is 11.0. The molecule has 1 N–H and O–H groups in total. The summed E-state index contributed by atoms with van der Waals surface area (Å²) < 4.78 is 5.02. The van der Waals surface area contributed by atoms with Crippen molar-refractivity contribution >= 4 is 11.8 Å². The van der Waals surface area contributed by atoms with Gasteiger partial charge >= 0.3 is 0 Å². The molecule has 2 heterocycles. The summed E-state index contributed by atoms with van der Waals surface area (Å²) in [7, 11) is 0. The first-order valence-electron chi connectivity index (χ1n) is 5.28. The SMILES string of the molecule is OC(c1ccoc1)C1CSc2ccccc21. The fraction of sp³-hybridized carbons (Fsp3) is 0.231. The maximum absolute atomic E-state index is 10.3. The number of hydrogen-bond acceptors (Lipinski definition) is 3. The molecule has 0 spiro atoms. The van der Waals surface area contributed by atoms with Crippen molar-refractivity contribution in [2.75, 3.05) is 5.75 Å². The predicted molar refractivity (Wildman–Crippen MR) is 63.6 cm³/mol. The summed E-state index contributed by atoms with van der Waals surface area (Å²) in [6.07, 6.45) is 2.76. The van der Waals surface area contributed by atoms with Crippen molar-refractivity contribution in [2.24, 2.45) is 0 Å². The average Bonchev–Trinajstić information content (AvgIpc) is 2.98. The zero-order valence-electron chi connectivity index (χ0n) is 8.67. The number of aliphatic hydroxyl groups excluding tert-OH is 1. The van der Waals surface area contributed by atoms with Crippen LogP contribution in [-0.2, 0) is 0 Å². The van der Waals surface area contributed by atoms with Gasteiger partial charge in [-0.3, -0.25) is 0 Å². The molecule has 16 heavy (non-hydrogen) atoms. The van der Waals surface area contributed by atoms with Gasteiger partial charge in [-0.25, -0.2) is 0 Å². The Morgan fingerprint density at radius 2 is 2.19 bits per heavy atom. The number of hydrogen-bond donors (Lipinski definition) is 1. The molecule has 0 bridgehead atoms. The summed E-state index contributed by atoms with van der Waals surface area (Å²) in [5.41, 5.74) is 2.11. The van der Waals surface area contributed by atoms with Crippen LogP contribution in [0.4, 0.5) is 0 Å². The molecule has 1 aliphatic heterocycles. The maximum atomic E-state index is 10.3. The number of furan rings is 1. The Kier molecular flexibility index (Phi) is 2.50. The van der Waals surface area contributed by atoms with Crippen LogP contribution >= 0.6 is 11.8 Å². The summed E-state index contributed by atoms with van der Waals surface area (Å²) in [5, 5.41) is 10.3. The highest BCUT2D eigenvalue weighted by Crippen LogP contribution is 2.45. The standard InChI is InChI=1S/C13H12O2S/c14-13(9-5-6-15-7-9)11-8-16-12-4-2-1-3-10(11)12/h1-7,11,13-14H,8H2. The van der Waals surface area contributed by atoms with E-state index in [9.17, 15) is 5.11 Å². The van der Waals surface area contributed by atoms with Crippen molar-refractivity contribution in [2.45, 2.75) is 16.9 Å². The van der Waals surface area contributed by atoms with Crippen LogP contribution < -0.4 is 0 Å². The monoisotopic (exact) mass is 232 g/mol. The Morgan fingerprint density at radius 3 is 3.00 bits per heavy atom. The minimum absolute atomic E-state index is 0.179. The molecule has 2 unspecified atom stereocenters.